The fraction of sp³-hybridized carbons (Fsp3) is 0.588. The lowest BCUT2D eigenvalue weighted by Gasteiger charge is -2.34. The summed E-state index contributed by atoms with van der Waals surface area (Å²) in [7, 11) is -1.62. The number of aryl methyl sites for hydroxylation is 1. The number of halogens is 2. The number of carbonyl (C=O) groups excluding carboxylic acids is 1. The van der Waals surface area contributed by atoms with Crippen LogP contribution in [0.2, 0.25) is 0 Å². The van der Waals surface area contributed by atoms with E-state index in [1.807, 2.05) is 18.9 Å². The number of benzene rings is 1. The van der Waals surface area contributed by atoms with Gasteiger partial charge in [0.25, 0.3) is 0 Å². The lowest BCUT2D eigenvalue weighted by atomic mass is 10.2. The first kappa shape index (κ1) is 26.1. The molecular formula is C17H30Cl2N4O3S. The number of hydrogen-bond donors (Lipinski definition) is 2. The zero-order valence-corrected chi connectivity index (χ0v) is 18.3. The molecule has 0 atom stereocenters. The van der Waals surface area contributed by atoms with Gasteiger partial charge in [-0.05, 0) is 26.1 Å². The summed E-state index contributed by atoms with van der Waals surface area (Å²) in [5.41, 5.74) is 1.03. The molecule has 2 rings (SSSR count). The SMILES string of the molecule is CNCCC(=O)N1CCN(CCNS(=O)(=O)c2ccc(C)cc2)CC1.Cl.Cl. The van der Waals surface area contributed by atoms with E-state index in [1.54, 1.807) is 24.3 Å². The first-order chi connectivity index (χ1) is 11.9. The normalized spacial score (nSPS) is 15.0. The van der Waals surface area contributed by atoms with Crippen LogP contribution in [0, 0.1) is 6.92 Å². The van der Waals surface area contributed by atoms with Crippen LogP contribution in [0.15, 0.2) is 29.2 Å². The number of nitrogens with zero attached hydrogens (tertiary/aromatic N) is 2. The summed E-state index contributed by atoms with van der Waals surface area (Å²) in [6.45, 7) is 6.58. The standard InChI is InChI=1S/C17H28N4O3S.2ClH/c1-15-3-5-16(6-4-15)25(23,24)19-9-10-20-11-13-21(14-12-20)17(22)7-8-18-2;;/h3-6,18-19H,7-14H2,1-2H3;2*1H. The van der Waals surface area contributed by atoms with Gasteiger partial charge < -0.3 is 10.2 Å². The Morgan fingerprint density at radius 3 is 2.19 bits per heavy atom. The van der Waals surface area contributed by atoms with Gasteiger partial charge in [0, 0.05) is 52.2 Å². The van der Waals surface area contributed by atoms with E-state index >= 15 is 0 Å². The van der Waals surface area contributed by atoms with E-state index in [0.717, 1.165) is 18.7 Å². The molecule has 0 spiro atoms. The number of piperazine rings is 1. The third kappa shape index (κ3) is 8.33. The highest BCUT2D eigenvalue weighted by atomic mass is 35.5. The van der Waals surface area contributed by atoms with E-state index in [4.69, 9.17) is 0 Å². The number of amides is 1. The molecule has 0 unspecified atom stereocenters. The second-order valence-corrected chi connectivity index (χ2v) is 8.05. The van der Waals surface area contributed by atoms with Gasteiger partial charge >= 0.3 is 0 Å². The molecule has 2 N–H and O–H groups in total. The quantitative estimate of drug-likeness (QED) is 0.626. The molecule has 0 aliphatic carbocycles. The van der Waals surface area contributed by atoms with Crippen molar-refractivity contribution < 1.29 is 13.2 Å². The van der Waals surface area contributed by atoms with Gasteiger partial charge in [-0.1, -0.05) is 17.7 Å². The van der Waals surface area contributed by atoms with Crippen LogP contribution in [0.5, 0.6) is 0 Å². The van der Waals surface area contributed by atoms with Gasteiger partial charge in [-0.3, -0.25) is 9.69 Å². The molecule has 10 heteroatoms. The molecule has 1 saturated heterocycles. The van der Waals surface area contributed by atoms with Gasteiger partial charge in [0.2, 0.25) is 15.9 Å². The van der Waals surface area contributed by atoms with Crippen LogP contribution in [0.4, 0.5) is 0 Å². The van der Waals surface area contributed by atoms with Crippen molar-refractivity contribution in [1.82, 2.24) is 19.8 Å². The minimum atomic E-state index is -3.46. The molecule has 1 amide bonds. The average Bonchev–Trinajstić information content (AvgIpc) is 2.60. The monoisotopic (exact) mass is 440 g/mol. The molecule has 0 saturated carbocycles. The second kappa shape index (κ2) is 12.5. The molecule has 0 bridgehead atoms. The summed E-state index contributed by atoms with van der Waals surface area (Å²) in [5, 5.41) is 2.98. The van der Waals surface area contributed by atoms with E-state index in [-0.39, 0.29) is 35.6 Å². The Labute approximate surface area is 174 Å². The summed E-state index contributed by atoms with van der Waals surface area (Å²) in [5.74, 6) is 0.175. The lowest BCUT2D eigenvalue weighted by molar-refractivity contribution is -0.132. The molecule has 1 aliphatic rings. The van der Waals surface area contributed by atoms with Crippen molar-refractivity contribution >= 4 is 40.7 Å². The summed E-state index contributed by atoms with van der Waals surface area (Å²) in [6.07, 6.45) is 0.521. The molecule has 27 heavy (non-hydrogen) atoms. The Kier molecular flexibility index (Phi) is 12.1. The predicted octanol–water partition coefficient (Wildman–Crippen LogP) is 0.871. The van der Waals surface area contributed by atoms with E-state index < -0.39 is 10.0 Å². The van der Waals surface area contributed by atoms with Gasteiger partial charge in [0.1, 0.15) is 0 Å². The third-order valence-electron chi connectivity index (χ3n) is 4.37. The average molecular weight is 441 g/mol. The number of hydrogen-bond acceptors (Lipinski definition) is 5. The summed E-state index contributed by atoms with van der Waals surface area (Å²) in [4.78, 5) is 16.3. The van der Waals surface area contributed by atoms with E-state index in [9.17, 15) is 13.2 Å². The van der Waals surface area contributed by atoms with Crippen LogP contribution in [-0.4, -0.2) is 77.0 Å². The van der Waals surface area contributed by atoms with Gasteiger partial charge in [0.05, 0.1) is 4.90 Å². The fourth-order valence-corrected chi connectivity index (χ4v) is 3.77. The fourth-order valence-electron chi connectivity index (χ4n) is 2.75. The smallest absolute Gasteiger partial charge is 0.240 e. The molecular weight excluding hydrogens is 411 g/mol. The molecule has 156 valence electrons. The van der Waals surface area contributed by atoms with Gasteiger partial charge in [0.15, 0.2) is 0 Å². The van der Waals surface area contributed by atoms with Crippen molar-refractivity contribution in [3.05, 3.63) is 29.8 Å². The zero-order valence-electron chi connectivity index (χ0n) is 15.8. The number of sulfonamides is 1. The Morgan fingerprint density at radius 1 is 1.04 bits per heavy atom. The number of carbonyl (C=O) groups is 1. The summed E-state index contributed by atoms with van der Waals surface area (Å²) in [6, 6.07) is 6.82. The largest absolute Gasteiger partial charge is 0.340 e. The maximum Gasteiger partial charge on any atom is 0.240 e. The van der Waals surface area contributed by atoms with Crippen molar-refractivity contribution in [3.8, 4) is 0 Å². The Hall–Kier alpha value is -0.900. The molecule has 1 aliphatic heterocycles. The Bertz CT molecular complexity index is 663. The highest BCUT2D eigenvalue weighted by Crippen LogP contribution is 2.10. The van der Waals surface area contributed by atoms with Crippen molar-refractivity contribution in [1.29, 1.82) is 0 Å². The maximum atomic E-state index is 12.2. The topological polar surface area (TPSA) is 81.8 Å². The van der Waals surface area contributed by atoms with Gasteiger partial charge in [-0.15, -0.1) is 24.8 Å². The minimum Gasteiger partial charge on any atom is -0.340 e. The zero-order chi connectivity index (χ0) is 18.3. The van der Waals surface area contributed by atoms with Gasteiger partial charge in [-0.2, -0.15) is 0 Å². The Balaban J connectivity index is 0.00000338. The lowest BCUT2D eigenvalue weighted by Crippen LogP contribution is -2.50. The first-order valence-corrected chi connectivity index (χ1v) is 10.1. The molecule has 1 aromatic carbocycles. The van der Waals surface area contributed by atoms with E-state index in [2.05, 4.69) is 14.9 Å². The molecule has 0 radical (unpaired) electrons. The first-order valence-electron chi connectivity index (χ1n) is 8.63. The predicted molar refractivity (Wildman–Crippen MR) is 112 cm³/mol. The third-order valence-corrected chi connectivity index (χ3v) is 5.84. The molecule has 1 heterocycles. The van der Waals surface area contributed by atoms with E-state index in [0.29, 0.717) is 39.1 Å². The Morgan fingerprint density at radius 2 is 1.63 bits per heavy atom. The van der Waals surface area contributed by atoms with Gasteiger partial charge in [-0.25, -0.2) is 13.1 Å². The molecule has 7 nitrogen and oxygen atoms in total. The molecule has 1 aromatic rings. The summed E-state index contributed by atoms with van der Waals surface area (Å²) >= 11 is 0. The summed E-state index contributed by atoms with van der Waals surface area (Å²) < 4.78 is 27.1. The van der Waals surface area contributed by atoms with Crippen molar-refractivity contribution in [2.45, 2.75) is 18.2 Å². The van der Waals surface area contributed by atoms with Crippen LogP contribution in [0.3, 0.4) is 0 Å². The van der Waals surface area contributed by atoms with Crippen LogP contribution in [0.1, 0.15) is 12.0 Å². The number of rotatable bonds is 8. The van der Waals surface area contributed by atoms with E-state index in [1.165, 1.54) is 0 Å². The maximum absolute atomic E-state index is 12.2. The minimum absolute atomic E-state index is 0. The second-order valence-electron chi connectivity index (χ2n) is 6.29. The van der Waals surface area contributed by atoms with Crippen molar-refractivity contribution in [2.24, 2.45) is 0 Å². The van der Waals surface area contributed by atoms with Crippen LogP contribution >= 0.6 is 24.8 Å². The highest BCUT2D eigenvalue weighted by molar-refractivity contribution is 7.89. The molecule has 0 aromatic heterocycles. The van der Waals surface area contributed by atoms with Crippen molar-refractivity contribution in [3.63, 3.8) is 0 Å². The highest BCUT2D eigenvalue weighted by Gasteiger charge is 2.21. The van der Waals surface area contributed by atoms with Crippen LogP contribution in [-0.2, 0) is 14.8 Å². The molecule has 1 fully saturated rings. The number of nitrogens with one attached hydrogen (secondary N) is 2. The van der Waals surface area contributed by atoms with Crippen LogP contribution < -0.4 is 10.0 Å². The van der Waals surface area contributed by atoms with Crippen molar-refractivity contribution in [2.75, 3.05) is 52.9 Å². The van der Waals surface area contributed by atoms with Crippen LogP contribution in [0.25, 0.3) is 0 Å².